The minimum absolute atomic E-state index is 0.771. The molecule has 0 radical (unpaired) electrons. The van der Waals surface area contributed by atoms with E-state index in [1.54, 1.807) is 0 Å². The maximum Gasteiger partial charge on any atom is 0.0109 e. The molecule has 3 nitrogen and oxygen atoms in total. The fourth-order valence-electron chi connectivity index (χ4n) is 3.77. The van der Waals surface area contributed by atoms with Crippen LogP contribution in [-0.2, 0) is 0 Å². The van der Waals surface area contributed by atoms with Gasteiger partial charge in [-0.3, -0.25) is 0 Å². The number of likely N-dealkylation sites (tertiary alicyclic amines) is 1. The lowest BCUT2D eigenvalue weighted by molar-refractivity contribution is 0.177. The molecule has 2 rings (SSSR count). The average Bonchev–Trinajstić information content (AvgIpc) is 2.92. The van der Waals surface area contributed by atoms with Crippen LogP contribution in [-0.4, -0.2) is 62.2 Å². The predicted octanol–water partition coefficient (Wildman–Crippen LogP) is 2.18. The van der Waals surface area contributed by atoms with Gasteiger partial charge < -0.3 is 15.1 Å². The predicted molar refractivity (Wildman–Crippen MR) is 82.6 cm³/mol. The van der Waals surface area contributed by atoms with Crippen molar-refractivity contribution < 1.29 is 0 Å². The Morgan fingerprint density at radius 1 is 1.11 bits per heavy atom. The molecule has 3 heteroatoms. The van der Waals surface area contributed by atoms with Gasteiger partial charge in [-0.05, 0) is 58.3 Å². The molecule has 1 saturated heterocycles. The molecule has 0 aromatic carbocycles. The lowest BCUT2D eigenvalue weighted by Gasteiger charge is -2.35. The van der Waals surface area contributed by atoms with Crippen molar-refractivity contribution in [2.75, 3.05) is 46.3 Å². The number of hydrogen-bond acceptors (Lipinski definition) is 3. The van der Waals surface area contributed by atoms with E-state index in [0.29, 0.717) is 0 Å². The van der Waals surface area contributed by atoms with Crippen molar-refractivity contribution in [3.05, 3.63) is 0 Å². The molecule has 2 fully saturated rings. The topological polar surface area (TPSA) is 18.5 Å². The number of hydrogen-bond donors (Lipinski definition) is 1. The van der Waals surface area contributed by atoms with Gasteiger partial charge in [0.1, 0.15) is 0 Å². The summed E-state index contributed by atoms with van der Waals surface area (Å²) < 4.78 is 0. The average molecular weight is 267 g/mol. The van der Waals surface area contributed by atoms with Gasteiger partial charge in [0.05, 0.1) is 0 Å². The molecule has 19 heavy (non-hydrogen) atoms. The molecule has 2 atom stereocenters. The number of rotatable bonds is 7. The smallest absolute Gasteiger partial charge is 0.0109 e. The van der Waals surface area contributed by atoms with Crippen LogP contribution in [0.1, 0.15) is 45.4 Å². The Morgan fingerprint density at radius 3 is 2.58 bits per heavy atom. The van der Waals surface area contributed by atoms with Gasteiger partial charge in [-0.25, -0.2) is 0 Å². The van der Waals surface area contributed by atoms with Gasteiger partial charge >= 0.3 is 0 Å². The summed E-state index contributed by atoms with van der Waals surface area (Å²) in [5.41, 5.74) is 0. The highest BCUT2D eigenvalue weighted by Gasteiger charge is 2.25. The van der Waals surface area contributed by atoms with E-state index in [0.717, 1.165) is 18.5 Å². The van der Waals surface area contributed by atoms with Gasteiger partial charge in [-0.1, -0.05) is 19.8 Å². The van der Waals surface area contributed by atoms with Gasteiger partial charge in [0, 0.05) is 25.7 Å². The molecule has 0 spiro atoms. The highest BCUT2D eigenvalue weighted by Crippen LogP contribution is 2.25. The molecule has 1 heterocycles. The normalized spacial score (nSPS) is 29.2. The van der Waals surface area contributed by atoms with Crippen molar-refractivity contribution in [2.45, 2.75) is 51.5 Å². The van der Waals surface area contributed by atoms with Crippen LogP contribution in [0.3, 0.4) is 0 Å². The first-order valence-electron chi connectivity index (χ1n) is 8.44. The lowest BCUT2D eigenvalue weighted by Crippen LogP contribution is -2.44. The number of nitrogens with one attached hydrogen (secondary N) is 1. The summed E-state index contributed by atoms with van der Waals surface area (Å²) in [5, 5.41) is 3.70. The van der Waals surface area contributed by atoms with Crippen LogP contribution in [0.2, 0.25) is 0 Å². The molecule has 1 saturated carbocycles. The van der Waals surface area contributed by atoms with Gasteiger partial charge in [-0.15, -0.1) is 0 Å². The second-order valence-electron chi connectivity index (χ2n) is 6.52. The molecule has 2 unspecified atom stereocenters. The molecule has 0 aromatic heterocycles. The van der Waals surface area contributed by atoms with Gasteiger partial charge in [0.25, 0.3) is 0 Å². The van der Waals surface area contributed by atoms with E-state index >= 15 is 0 Å². The molecule has 0 bridgehead atoms. The summed E-state index contributed by atoms with van der Waals surface area (Å²) in [4.78, 5) is 5.19. The summed E-state index contributed by atoms with van der Waals surface area (Å²) in [6.45, 7) is 9.83. The summed E-state index contributed by atoms with van der Waals surface area (Å²) >= 11 is 0. The Bertz CT molecular complexity index is 236. The van der Waals surface area contributed by atoms with E-state index in [9.17, 15) is 0 Å². The Balaban J connectivity index is 1.68. The summed E-state index contributed by atoms with van der Waals surface area (Å²) in [6, 6.07) is 0.771. The minimum atomic E-state index is 0.771. The highest BCUT2D eigenvalue weighted by molar-refractivity contribution is 4.82. The second kappa shape index (κ2) is 8.23. The Labute approximate surface area is 119 Å². The third kappa shape index (κ3) is 5.05. The first-order chi connectivity index (χ1) is 9.29. The van der Waals surface area contributed by atoms with E-state index in [4.69, 9.17) is 0 Å². The van der Waals surface area contributed by atoms with Crippen molar-refractivity contribution in [1.82, 2.24) is 15.1 Å². The SMILES string of the molecule is CCNC1CCCCC1CN(C)CCN1CCCC1. The standard InChI is InChI=1S/C16H33N3/c1-3-17-16-9-5-4-8-15(16)14-18(2)12-13-19-10-6-7-11-19/h15-17H,3-14H2,1-2H3. The zero-order valence-electron chi connectivity index (χ0n) is 13.0. The molecular formula is C16H33N3. The van der Waals surface area contributed by atoms with Crippen LogP contribution < -0.4 is 5.32 Å². The highest BCUT2D eigenvalue weighted by atomic mass is 15.2. The van der Waals surface area contributed by atoms with E-state index in [-0.39, 0.29) is 0 Å². The quantitative estimate of drug-likeness (QED) is 0.763. The fourth-order valence-corrected chi connectivity index (χ4v) is 3.77. The van der Waals surface area contributed by atoms with Crippen LogP contribution >= 0.6 is 0 Å². The monoisotopic (exact) mass is 267 g/mol. The van der Waals surface area contributed by atoms with Crippen molar-refractivity contribution in [3.63, 3.8) is 0 Å². The van der Waals surface area contributed by atoms with Crippen molar-refractivity contribution >= 4 is 0 Å². The largest absolute Gasteiger partial charge is 0.314 e. The lowest BCUT2D eigenvalue weighted by atomic mass is 9.84. The van der Waals surface area contributed by atoms with Crippen LogP contribution in [0.5, 0.6) is 0 Å². The number of nitrogens with zero attached hydrogens (tertiary/aromatic N) is 2. The van der Waals surface area contributed by atoms with E-state index in [1.165, 1.54) is 71.2 Å². The molecule has 1 aliphatic heterocycles. The van der Waals surface area contributed by atoms with Crippen molar-refractivity contribution in [2.24, 2.45) is 5.92 Å². The summed E-state index contributed by atoms with van der Waals surface area (Å²) in [5.74, 6) is 0.872. The van der Waals surface area contributed by atoms with E-state index in [2.05, 4.69) is 29.1 Å². The third-order valence-electron chi connectivity index (χ3n) is 4.92. The summed E-state index contributed by atoms with van der Waals surface area (Å²) in [7, 11) is 2.31. The van der Waals surface area contributed by atoms with Crippen molar-refractivity contribution in [3.8, 4) is 0 Å². The minimum Gasteiger partial charge on any atom is -0.314 e. The molecule has 2 aliphatic rings. The molecule has 1 N–H and O–H groups in total. The number of likely N-dealkylation sites (N-methyl/N-ethyl adjacent to an activating group) is 1. The molecular weight excluding hydrogens is 234 g/mol. The van der Waals surface area contributed by atoms with Crippen LogP contribution in [0.25, 0.3) is 0 Å². The molecule has 0 amide bonds. The van der Waals surface area contributed by atoms with Crippen molar-refractivity contribution in [1.29, 1.82) is 0 Å². The molecule has 112 valence electrons. The van der Waals surface area contributed by atoms with E-state index in [1.807, 2.05) is 0 Å². The Morgan fingerprint density at radius 2 is 1.84 bits per heavy atom. The molecule has 0 aromatic rings. The van der Waals surface area contributed by atoms with Crippen LogP contribution in [0.4, 0.5) is 0 Å². The maximum atomic E-state index is 3.70. The first-order valence-corrected chi connectivity index (χ1v) is 8.44. The van der Waals surface area contributed by atoms with Gasteiger partial charge in [0.2, 0.25) is 0 Å². The fraction of sp³-hybridized carbons (Fsp3) is 1.00. The maximum absolute atomic E-state index is 3.70. The summed E-state index contributed by atoms with van der Waals surface area (Å²) in [6.07, 6.45) is 8.49. The zero-order valence-corrected chi connectivity index (χ0v) is 13.0. The van der Waals surface area contributed by atoms with E-state index < -0.39 is 0 Å². The Hall–Kier alpha value is -0.120. The molecule has 1 aliphatic carbocycles. The second-order valence-corrected chi connectivity index (χ2v) is 6.52. The van der Waals surface area contributed by atoms with Gasteiger partial charge in [-0.2, -0.15) is 0 Å². The Kier molecular flexibility index (Phi) is 6.62. The van der Waals surface area contributed by atoms with Crippen LogP contribution in [0, 0.1) is 5.92 Å². The first kappa shape index (κ1) is 15.3. The third-order valence-corrected chi connectivity index (χ3v) is 4.92. The zero-order chi connectivity index (χ0) is 13.5. The van der Waals surface area contributed by atoms with Crippen LogP contribution in [0.15, 0.2) is 0 Å². The van der Waals surface area contributed by atoms with Gasteiger partial charge in [0.15, 0.2) is 0 Å².